The summed E-state index contributed by atoms with van der Waals surface area (Å²) in [5, 5.41) is 0. The van der Waals surface area contributed by atoms with E-state index >= 15 is 0 Å². The maximum atomic E-state index is 12.3. The lowest BCUT2D eigenvalue weighted by Gasteiger charge is -2.12. The summed E-state index contributed by atoms with van der Waals surface area (Å²) in [6.07, 6.45) is 0.0418. The first-order valence-corrected chi connectivity index (χ1v) is 5.45. The van der Waals surface area contributed by atoms with E-state index < -0.39 is 5.51 Å². The molecule has 0 saturated heterocycles. The lowest BCUT2D eigenvalue weighted by atomic mass is 10.1. The maximum absolute atomic E-state index is 12.3. The minimum atomic E-state index is -4.32. The van der Waals surface area contributed by atoms with Crippen LogP contribution in [0.2, 0.25) is 0 Å². The van der Waals surface area contributed by atoms with Gasteiger partial charge in [-0.3, -0.25) is 4.79 Å². The van der Waals surface area contributed by atoms with Crippen LogP contribution in [0.3, 0.4) is 0 Å². The van der Waals surface area contributed by atoms with Crippen molar-refractivity contribution in [1.29, 1.82) is 0 Å². The predicted octanol–water partition coefficient (Wildman–Crippen LogP) is 3.74. The van der Waals surface area contributed by atoms with Gasteiger partial charge < -0.3 is 0 Å². The number of carbonyl (C=O) groups excluding carboxylic acids is 1. The van der Waals surface area contributed by atoms with Crippen LogP contribution in [0.5, 0.6) is 0 Å². The van der Waals surface area contributed by atoms with Gasteiger partial charge in [-0.25, -0.2) is 0 Å². The number of alkyl halides is 3. The normalized spacial score (nSPS) is 11.6. The van der Waals surface area contributed by atoms with Crippen LogP contribution in [0.25, 0.3) is 0 Å². The summed E-state index contributed by atoms with van der Waals surface area (Å²) in [5.41, 5.74) is -3.34. The molecule has 88 valence electrons. The van der Waals surface area contributed by atoms with Gasteiger partial charge in [-0.05, 0) is 36.7 Å². The van der Waals surface area contributed by atoms with Gasteiger partial charge in [0.2, 0.25) is 0 Å². The molecule has 0 atom stereocenters. The third-order valence-electron chi connectivity index (χ3n) is 1.95. The van der Waals surface area contributed by atoms with Crippen LogP contribution in [-0.2, 0) is 11.2 Å². The van der Waals surface area contributed by atoms with E-state index in [1.807, 2.05) is 0 Å². The van der Waals surface area contributed by atoms with E-state index in [4.69, 9.17) is 0 Å². The third kappa shape index (κ3) is 3.89. The van der Waals surface area contributed by atoms with Gasteiger partial charge in [0.15, 0.2) is 0 Å². The molecule has 0 aliphatic heterocycles. The van der Waals surface area contributed by atoms with Crippen LogP contribution in [0.1, 0.15) is 18.1 Å². The van der Waals surface area contributed by atoms with Crippen molar-refractivity contribution < 1.29 is 18.0 Å². The zero-order valence-corrected chi connectivity index (χ0v) is 9.71. The van der Waals surface area contributed by atoms with E-state index in [9.17, 15) is 18.0 Å². The first-order valence-electron chi connectivity index (χ1n) is 4.63. The quantitative estimate of drug-likeness (QED) is 0.758. The topological polar surface area (TPSA) is 17.1 Å². The molecule has 0 unspecified atom stereocenters. The lowest BCUT2D eigenvalue weighted by Crippen LogP contribution is -2.05. The number of hydrogen-bond donors (Lipinski definition) is 0. The second-order valence-electron chi connectivity index (χ2n) is 3.49. The Hall–Kier alpha value is -0.970. The largest absolute Gasteiger partial charge is 0.446 e. The molecule has 5 heteroatoms. The molecule has 0 N–H and O–H groups in total. The number of halogens is 3. The highest BCUT2D eigenvalue weighted by Gasteiger charge is 2.31. The maximum Gasteiger partial charge on any atom is 0.446 e. The Balaban J connectivity index is 3.08. The van der Waals surface area contributed by atoms with Crippen LogP contribution in [0.4, 0.5) is 13.2 Å². The number of carbonyl (C=O) groups is 1. The average Bonchev–Trinajstić information content (AvgIpc) is 2.08. The van der Waals surface area contributed by atoms with E-state index in [1.165, 1.54) is 6.92 Å². The molecular formula is C11H11F3OS. The average molecular weight is 248 g/mol. The van der Waals surface area contributed by atoms with E-state index in [-0.39, 0.29) is 28.9 Å². The fourth-order valence-corrected chi connectivity index (χ4v) is 2.11. The molecule has 0 aliphatic carbocycles. The molecule has 1 aromatic carbocycles. The zero-order chi connectivity index (χ0) is 12.3. The second-order valence-corrected chi connectivity index (χ2v) is 4.57. The molecule has 1 aromatic rings. The molecule has 0 radical (unpaired) electrons. The van der Waals surface area contributed by atoms with Crippen molar-refractivity contribution in [2.45, 2.75) is 30.7 Å². The van der Waals surface area contributed by atoms with Gasteiger partial charge in [-0.2, -0.15) is 13.2 Å². The summed E-state index contributed by atoms with van der Waals surface area (Å²) in [5.74, 6) is -0.144. The molecule has 0 spiro atoms. The molecule has 0 fully saturated rings. The fourth-order valence-electron chi connectivity index (χ4n) is 1.38. The first-order chi connectivity index (χ1) is 7.29. The van der Waals surface area contributed by atoms with Crippen molar-refractivity contribution in [3.63, 3.8) is 0 Å². The second kappa shape index (κ2) is 4.91. The van der Waals surface area contributed by atoms with Crippen molar-refractivity contribution in [3.05, 3.63) is 29.3 Å². The molecule has 0 heterocycles. The van der Waals surface area contributed by atoms with Gasteiger partial charge in [0, 0.05) is 11.3 Å². The Morgan fingerprint density at radius 1 is 1.38 bits per heavy atom. The van der Waals surface area contributed by atoms with Crippen molar-refractivity contribution in [2.75, 3.05) is 0 Å². The molecule has 0 saturated carbocycles. The molecular weight excluding hydrogens is 237 g/mol. The number of ketones is 1. The summed E-state index contributed by atoms with van der Waals surface area (Å²) < 4.78 is 37.0. The van der Waals surface area contributed by atoms with Crippen LogP contribution in [-0.4, -0.2) is 11.3 Å². The minimum Gasteiger partial charge on any atom is -0.300 e. The molecule has 0 aliphatic rings. The predicted molar refractivity (Wildman–Crippen MR) is 57.5 cm³/mol. The molecule has 0 amide bonds. The van der Waals surface area contributed by atoms with E-state index in [2.05, 4.69) is 0 Å². The zero-order valence-electron chi connectivity index (χ0n) is 8.89. The first kappa shape index (κ1) is 13.1. The monoisotopic (exact) mass is 248 g/mol. The molecule has 1 nitrogen and oxygen atoms in total. The van der Waals surface area contributed by atoms with Crippen molar-refractivity contribution in [1.82, 2.24) is 0 Å². The highest BCUT2D eigenvalue weighted by molar-refractivity contribution is 8.00. The smallest absolute Gasteiger partial charge is 0.300 e. The summed E-state index contributed by atoms with van der Waals surface area (Å²) in [4.78, 5) is 11.1. The third-order valence-corrected chi connectivity index (χ3v) is 2.97. The summed E-state index contributed by atoms with van der Waals surface area (Å²) >= 11 is -0.156. The highest BCUT2D eigenvalue weighted by atomic mass is 32.2. The van der Waals surface area contributed by atoms with Crippen LogP contribution in [0, 0.1) is 6.92 Å². The lowest BCUT2D eigenvalue weighted by molar-refractivity contribution is -0.116. The number of aryl methyl sites for hydroxylation is 1. The minimum absolute atomic E-state index is 0.0418. The Kier molecular flexibility index (Phi) is 4.02. The van der Waals surface area contributed by atoms with E-state index in [1.54, 1.807) is 25.1 Å². The number of rotatable bonds is 3. The van der Waals surface area contributed by atoms with Crippen LogP contribution in [0.15, 0.2) is 23.1 Å². The van der Waals surface area contributed by atoms with Gasteiger partial charge in [-0.1, -0.05) is 18.2 Å². The summed E-state index contributed by atoms with van der Waals surface area (Å²) in [6, 6.07) is 4.83. The fraction of sp³-hybridized carbons (Fsp3) is 0.364. The van der Waals surface area contributed by atoms with Crippen molar-refractivity contribution in [2.24, 2.45) is 0 Å². The summed E-state index contributed by atoms with van der Waals surface area (Å²) in [6.45, 7) is 2.97. The number of benzene rings is 1. The summed E-state index contributed by atoms with van der Waals surface area (Å²) in [7, 11) is 0. The van der Waals surface area contributed by atoms with Gasteiger partial charge in [-0.15, -0.1) is 0 Å². The van der Waals surface area contributed by atoms with Gasteiger partial charge in [0.1, 0.15) is 5.78 Å². The van der Waals surface area contributed by atoms with Crippen molar-refractivity contribution >= 4 is 17.5 Å². The highest BCUT2D eigenvalue weighted by Crippen LogP contribution is 2.40. The van der Waals surface area contributed by atoms with Crippen LogP contribution >= 0.6 is 11.8 Å². The Labute approximate surface area is 96.0 Å². The Bertz CT molecular complexity index is 399. The molecule has 16 heavy (non-hydrogen) atoms. The van der Waals surface area contributed by atoms with Gasteiger partial charge in [0.05, 0.1) is 0 Å². The number of hydrogen-bond acceptors (Lipinski definition) is 2. The SMILES string of the molecule is CC(=O)Cc1cccc(C)c1SC(F)(F)F. The van der Waals surface area contributed by atoms with Crippen LogP contribution < -0.4 is 0 Å². The standard InChI is InChI=1S/C11H11F3OS/c1-7-4-3-5-9(6-8(2)15)10(7)16-11(12,13)14/h3-5H,6H2,1-2H3. The van der Waals surface area contributed by atoms with E-state index in [0.717, 1.165) is 0 Å². The number of thioether (sulfide) groups is 1. The van der Waals surface area contributed by atoms with Crippen molar-refractivity contribution in [3.8, 4) is 0 Å². The van der Waals surface area contributed by atoms with Gasteiger partial charge >= 0.3 is 5.51 Å². The Morgan fingerprint density at radius 2 is 2.00 bits per heavy atom. The number of Topliss-reactive ketones (excluding diaryl/α,β-unsaturated/α-hetero) is 1. The van der Waals surface area contributed by atoms with Gasteiger partial charge in [0.25, 0.3) is 0 Å². The molecule has 0 bridgehead atoms. The van der Waals surface area contributed by atoms with E-state index in [0.29, 0.717) is 11.1 Å². The Morgan fingerprint density at radius 3 is 2.50 bits per heavy atom. The molecule has 1 rings (SSSR count). The molecule has 0 aromatic heterocycles.